The van der Waals surface area contributed by atoms with Gasteiger partial charge in [-0.3, -0.25) is 9.36 Å². The van der Waals surface area contributed by atoms with Crippen LogP contribution in [0, 0.1) is 0 Å². The Bertz CT molecular complexity index is 2000. The maximum absolute atomic E-state index is 14.0. The third-order valence-electron chi connectivity index (χ3n) is 6.96. The average molecular weight is 651 g/mol. The van der Waals surface area contributed by atoms with Gasteiger partial charge in [-0.2, -0.15) is 0 Å². The van der Waals surface area contributed by atoms with Crippen molar-refractivity contribution in [3.05, 3.63) is 101 Å². The average Bonchev–Trinajstić information content (AvgIpc) is 3.59. The van der Waals surface area contributed by atoms with Crippen LogP contribution in [0.3, 0.4) is 0 Å². The third-order valence-corrected chi connectivity index (χ3v) is 8.18. The molecule has 0 bridgehead atoms. The van der Waals surface area contributed by atoms with E-state index in [1.807, 2.05) is 0 Å². The van der Waals surface area contributed by atoms with Gasteiger partial charge in [0, 0.05) is 28.3 Å². The zero-order valence-electron chi connectivity index (χ0n) is 25.5. The van der Waals surface area contributed by atoms with E-state index in [4.69, 9.17) is 35.0 Å². The first kappa shape index (κ1) is 31.8. The molecular formula is C33H31ClN2O8S. The van der Waals surface area contributed by atoms with Crippen molar-refractivity contribution in [3.8, 4) is 22.8 Å². The van der Waals surface area contributed by atoms with E-state index in [0.29, 0.717) is 59.8 Å². The molecule has 0 aliphatic carbocycles. The minimum atomic E-state index is -0.878. The summed E-state index contributed by atoms with van der Waals surface area (Å²) in [6, 6.07) is 12.5. The first-order valence-corrected chi connectivity index (χ1v) is 15.3. The first-order chi connectivity index (χ1) is 21.6. The number of fused-ring (bicyclic) bond motifs is 1. The molecule has 0 radical (unpaired) electrons. The Morgan fingerprint density at radius 1 is 1.09 bits per heavy atom. The molecule has 0 N–H and O–H groups in total. The van der Waals surface area contributed by atoms with Crippen LogP contribution in [0.25, 0.3) is 17.4 Å². The highest BCUT2D eigenvalue weighted by molar-refractivity contribution is 7.07. The van der Waals surface area contributed by atoms with E-state index in [1.54, 1.807) is 82.3 Å². The molecule has 0 saturated heterocycles. The summed E-state index contributed by atoms with van der Waals surface area (Å²) < 4.78 is 29.6. The molecule has 1 aliphatic rings. The molecular weight excluding hydrogens is 620 g/mol. The lowest BCUT2D eigenvalue weighted by atomic mass is 9.95. The number of esters is 2. The molecule has 0 saturated carbocycles. The van der Waals surface area contributed by atoms with Crippen LogP contribution >= 0.6 is 22.9 Å². The molecule has 45 heavy (non-hydrogen) atoms. The number of hydrogen-bond acceptors (Lipinski definition) is 10. The maximum atomic E-state index is 14.0. The van der Waals surface area contributed by atoms with Gasteiger partial charge in [-0.25, -0.2) is 14.6 Å². The Morgan fingerprint density at radius 3 is 2.56 bits per heavy atom. The predicted octanol–water partition coefficient (Wildman–Crippen LogP) is 5.29. The molecule has 1 aliphatic heterocycles. The summed E-state index contributed by atoms with van der Waals surface area (Å²) in [5.74, 6) is 0.612. The number of aromatic nitrogens is 1. The lowest BCUT2D eigenvalue weighted by molar-refractivity contribution is -0.139. The molecule has 12 heteroatoms. The fourth-order valence-electron chi connectivity index (χ4n) is 5.01. The highest BCUT2D eigenvalue weighted by atomic mass is 35.5. The highest BCUT2D eigenvalue weighted by Gasteiger charge is 2.35. The van der Waals surface area contributed by atoms with Crippen LogP contribution in [-0.4, -0.2) is 43.4 Å². The minimum Gasteiger partial charge on any atom is -0.497 e. The third kappa shape index (κ3) is 6.31. The van der Waals surface area contributed by atoms with Crippen LogP contribution in [0.2, 0.25) is 5.02 Å². The van der Waals surface area contributed by atoms with Gasteiger partial charge in [0.05, 0.1) is 48.3 Å². The molecule has 0 fully saturated rings. The number of carbonyl (C=O) groups is 2. The first-order valence-electron chi connectivity index (χ1n) is 14.1. The second-order valence-electron chi connectivity index (χ2n) is 10.3. The van der Waals surface area contributed by atoms with Gasteiger partial charge in [-0.05, 0) is 70.2 Å². The number of methoxy groups -OCH3 is 2. The minimum absolute atomic E-state index is 0.150. The van der Waals surface area contributed by atoms with E-state index in [2.05, 4.69) is 4.99 Å². The number of benzene rings is 2. The van der Waals surface area contributed by atoms with Crippen LogP contribution in [0.1, 0.15) is 55.4 Å². The molecule has 0 amide bonds. The van der Waals surface area contributed by atoms with Gasteiger partial charge < -0.3 is 23.4 Å². The second-order valence-corrected chi connectivity index (χ2v) is 11.7. The molecule has 0 unspecified atom stereocenters. The highest BCUT2D eigenvalue weighted by Crippen LogP contribution is 2.37. The molecule has 2 aromatic heterocycles. The number of ether oxygens (including phenoxy) is 4. The van der Waals surface area contributed by atoms with E-state index < -0.39 is 23.5 Å². The Labute approximate surface area is 267 Å². The van der Waals surface area contributed by atoms with Crippen LogP contribution < -0.4 is 24.4 Å². The normalized spacial score (nSPS) is 14.7. The van der Waals surface area contributed by atoms with Crippen LogP contribution in [0.4, 0.5) is 0 Å². The summed E-state index contributed by atoms with van der Waals surface area (Å²) in [5.41, 5.74) is 1.56. The SMILES string of the molecule is CCOC(=O)C1=C(C)N=c2s/c(=C/c3ccc(-c4cc(Cl)ccc4C(=O)OC(C)C)o3)c(=O)n2[C@@H]1c1ccc(OC)cc1OC. The number of thiazole rings is 1. The number of nitrogens with zero attached hydrogens (tertiary/aromatic N) is 2. The van der Waals surface area contributed by atoms with E-state index in [0.717, 1.165) is 11.3 Å². The van der Waals surface area contributed by atoms with Crippen molar-refractivity contribution < 1.29 is 33.0 Å². The number of rotatable bonds is 9. The molecule has 4 aromatic rings. The quantitative estimate of drug-likeness (QED) is 0.224. The Kier molecular flexibility index (Phi) is 9.31. The zero-order valence-corrected chi connectivity index (χ0v) is 27.1. The molecule has 10 nitrogen and oxygen atoms in total. The van der Waals surface area contributed by atoms with Gasteiger partial charge in [0.1, 0.15) is 29.1 Å². The van der Waals surface area contributed by atoms with Gasteiger partial charge >= 0.3 is 11.9 Å². The molecule has 234 valence electrons. The molecule has 2 aromatic carbocycles. The van der Waals surface area contributed by atoms with Crippen LogP contribution in [-0.2, 0) is 14.3 Å². The van der Waals surface area contributed by atoms with Gasteiger partial charge in [0.15, 0.2) is 4.80 Å². The summed E-state index contributed by atoms with van der Waals surface area (Å²) in [6.07, 6.45) is 1.28. The molecule has 1 atom stereocenters. The van der Waals surface area contributed by atoms with E-state index in [1.165, 1.54) is 18.8 Å². The summed E-state index contributed by atoms with van der Waals surface area (Å²) >= 11 is 7.40. The standard InChI is InChI=1S/C33H31ClN2O8S/c1-7-42-32(39)28-18(4)35-33-36(29(28)23-12-9-20(40-5)15-26(23)41-6)30(37)27(45-33)16-21-10-13-25(44-21)24-14-19(34)8-11-22(24)31(38)43-17(2)3/h8-17,29H,7H2,1-6H3/b27-16+/t29-/m1/s1. The number of hydrogen-bond donors (Lipinski definition) is 0. The monoisotopic (exact) mass is 650 g/mol. The predicted molar refractivity (Wildman–Crippen MR) is 170 cm³/mol. The largest absolute Gasteiger partial charge is 0.497 e. The summed E-state index contributed by atoms with van der Waals surface area (Å²) in [4.78, 5) is 45.1. The van der Waals surface area contributed by atoms with Crippen LogP contribution in [0.15, 0.2) is 74.0 Å². The molecule has 0 spiro atoms. The van der Waals surface area contributed by atoms with E-state index in [9.17, 15) is 14.4 Å². The molecule has 5 rings (SSSR count). The summed E-state index contributed by atoms with van der Waals surface area (Å²) in [5, 5.41) is 0.416. The fourth-order valence-corrected chi connectivity index (χ4v) is 6.21. The van der Waals surface area contributed by atoms with E-state index >= 15 is 0 Å². The lowest BCUT2D eigenvalue weighted by Gasteiger charge is -2.26. The maximum Gasteiger partial charge on any atom is 0.339 e. The van der Waals surface area contributed by atoms with Crippen molar-refractivity contribution in [2.75, 3.05) is 20.8 Å². The summed E-state index contributed by atoms with van der Waals surface area (Å²) in [7, 11) is 3.04. The van der Waals surface area contributed by atoms with Crippen molar-refractivity contribution in [3.63, 3.8) is 0 Å². The van der Waals surface area contributed by atoms with Gasteiger partial charge in [-0.15, -0.1) is 0 Å². The number of furan rings is 1. The second kappa shape index (κ2) is 13.2. The van der Waals surface area contributed by atoms with Gasteiger partial charge in [-0.1, -0.05) is 22.9 Å². The van der Waals surface area contributed by atoms with Crippen molar-refractivity contribution in [2.45, 2.75) is 39.8 Å². The Morgan fingerprint density at radius 2 is 1.87 bits per heavy atom. The van der Waals surface area contributed by atoms with Crippen molar-refractivity contribution >= 4 is 41.0 Å². The smallest absolute Gasteiger partial charge is 0.339 e. The Balaban J connectivity index is 1.64. The number of carbonyl (C=O) groups excluding carboxylic acids is 2. The lowest BCUT2D eigenvalue weighted by Crippen LogP contribution is -2.40. The van der Waals surface area contributed by atoms with Crippen molar-refractivity contribution in [2.24, 2.45) is 4.99 Å². The summed E-state index contributed by atoms with van der Waals surface area (Å²) in [6.45, 7) is 7.10. The topological polar surface area (TPSA) is 119 Å². The zero-order chi connectivity index (χ0) is 32.4. The number of halogens is 1. The van der Waals surface area contributed by atoms with E-state index in [-0.39, 0.29) is 18.3 Å². The Hall–Kier alpha value is -4.61. The van der Waals surface area contributed by atoms with Crippen molar-refractivity contribution in [1.29, 1.82) is 0 Å². The van der Waals surface area contributed by atoms with Crippen molar-refractivity contribution in [1.82, 2.24) is 4.57 Å². The van der Waals surface area contributed by atoms with Gasteiger partial charge in [0.2, 0.25) is 0 Å². The van der Waals surface area contributed by atoms with Crippen LogP contribution in [0.5, 0.6) is 11.5 Å². The van der Waals surface area contributed by atoms with Gasteiger partial charge in [0.25, 0.3) is 5.56 Å². The molecule has 3 heterocycles. The fraction of sp³-hybridized carbons (Fsp3) is 0.273. The number of allylic oxidation sites excluding steroid dienone is 1.